The summed E-state index contributed by atoms with van der Waals surface area (Å²) in [6.07, 6.45) is -4.20. The number of alkyl halides is 3. The van der Waals surface area contributed by atoms with E-state index in [4.69, 9.17) is 5.26 Å². The number of rotatable bonds is 4. The molecule has 1 heterocycles. The van der Waals surface area contributed by atoms with Crippen molar-refractivity contribution in [1.82, 2.24) is 4.72 Å². The van der Waals surface area contributed by atoms with Gasteiger partial charge in [-0.25, -0.2) is 13.1 Å². The van der Waals surface area contributed by atoms with Gasteiger partial charge < -0.3 is 4.90 Å². The largest absolute Gasteiger partial charge is 0.417 e. The van der Waals surface area contributed by atoms with Crippen molar-refractivity contribution in [2.24, 2.45) is 0 Å². The molecule has 1 atom stereocenters. The number of nitriles is 1. The van der Waals surface area contributed by atoms with Crippen molar-refractivity contribution >= 4 is 15.7 Å². The molecule has 1 aliphatic rings. The zero-order chi connectivity index (χ0) is 17.3. The van der Waals surface area contributed by atoms with Crippen molar-refractivity contribution in [3.63, 3.8) is 0 Å². The van der Waals surface area contributed by atoms with E-state index in [1.807, 2.05) is 0 Å². The van der Waals surface area contributed by atoms with Crippen molar-refractivity contribution in [3.05, 3.63) is 29.3 Å². The summed E-state index contributed by atoms with van der Waals surface area (Å²) in [6.45, 7) is 2.56. The van der Waals surface area contributed by atoms with Crippen molar-refractivity contribution < 1.29 is 21.6 Å². The maximum absolute atomic E-state index is 12.8. The molecule has 0 unspecified atom stereocenters. The Bertz CT molecular complexity index is 726. The average Bonchev–Trinajstić information content (AvgIpc) is 2.96. The molecule has 1 aliphatic heterocycles. The number of sulfonamides is 1. The van der Waals surface area contributed by atoms with Crippen molar-refractivity contribution in [3.8, 4) is 6.07 Å². The van der Waals surface area contributed by atoms with Crippen LogP contribution in [0.15, 0.2) is 18.2 Å². The second-order valence-electron chi connectivity index (χ2n) is 5.24. The summed E-state index contributed by atoms with van der Waals surface area (Å²) in [4.78, 5) is 1.68. The quantitative estimate of drug-likeness (QED) is 0.905. The van der Waals surface area contributed by atoms with E-state index >= 15 is 0 Å². The zero-order valence-electron chi connectivity index (χ0n) is 12.4. The maximum atomic E-state index is 12.8. The Morgan fingerprint density at radius 3 is 2.70 bits per heavy atom. The summed E-state index contributed by atoms with van der Waals surface area (Å²) in [5.74, 6) is 0. The molecule has 0 aromatic heterocycles. The standard InChI is InChI=1S/C14H16F3N3O2S/c1-2-19-23(21,22)12-5-6-20(9-12)11-3-4-13(14(15,16)17)10(7-11)8-18/h3-4,7,12,19H,2,5-6,9H2,1H3/t12-/m1/s1. The van der Waals surface area contributed by atoms with Crippen molar-refractivity contribution in [2.45, 2.75) is 24.8 Å². The summed E-state index contributed by atoms with van der Waals surface area (Å²) in [6, 6.07) is 4.84. The summed E-state index contributed by atoms with van der Waals surface area (Å²) in [5, 5.41) is 8.31. The predicted octanol–water partition coefficient (Wildman–Crippen LogP) is 2.10. The first kappa shape index (κ1) is 17.6. The van der Waals surface area contributed by atoms with E-state index in [0.29, 0.717) is 18.7 Å². The van der Waals surface area contributed by atoms with Crippen LogP contribution in [0.5, 0.6) is 0 Å². The summed E-state index contributed by atoms with van der Waals surface area (Å²) < 4.78 is 64.8. The highest BCUT2D eigenvalue weighted by molar-refractivity contribution is 7.90. The Hall–Kier alpha value is -1.79. The number of nitrogens with one attached hydrogen (secondary N) is 1. The smallest absolute Gasteiger partial charge is 0.370 e. The third-order valence-corrected chi connectivity index (χ3v) is 5.68. The van der Waals surface area contributed by atoms with E-state index in [0.717, 1.165) is 12.1 Å². The third-order valence-electron chi connectivity index (χ3n) is 3.72. The number of hydrogen-bond acceptors (Lipinski definition) is 4. The van der Waals surface area contributed by atoms with E-state index < -0.39 is 32.6 Å². The number of anilines is 1. The van der Waals surface area contributed by atoms with E-state index in [-0.39, 0.29) is 13.1 Å². The fraction of sp³-hybridized carbons (Fsp3) is 0.500. The highest BCUT2D eigenvalue weighted by atomic mass is 32.2. The molecule has 1 aromatic carbocycles. The molecule has 9 heteroatoms. The molecule has 1 fully saturated rings. The van der Waals surface area contributed by atoms with Gasteiger partial charge in [0.15, 0.2) is 0 Å². The molecule has 23 heavy (non-hydrogen) atoms. The van der Waals surface area contributed by atoms with E-state index in [9.17, 15) is 21.6 Å². The number of benzene rings is 1. The Labute approximate surface area is 132 Å². The Morgan fingerprint density at radius 1 is 1.43 bits per heavy atom. The maximum Gasteiger partial charge on any atom is 0.417 e. The molecular weight excluding hydrogens is 331 g/mol. The predicted molar refractivity (Wildman–Crippen MR) is 79.4 cm³/mol. The number of halogens is 3. The van der Waals surface area contributed by atoms with Gasteiger partial charge in [0.2, 0.25) is 10.0 Å². The van der Waals surface area contributed by atoms with Crippen molar-refractivity contribution in [2.75, 3.05) is 24.5 Å². The normalized spacial score (nSPS) is 18.9. The van der Waals surface area contributed by atoms with E-state index in [1.165, 1.54) is 6.07 Å². The Kier molecular flexibility index (Phi) is 4.87. The van der Waals surface area contributed by atoms with Gasteiger partial charge in [-0.05, 0) is 24.6 Å². The van der Waals surface area contributed by atoms with Crippen LogP contribution in [0.2, 0.25) is 0 Å². The minimum absolute atomic E-state index is 0.186. The van der Waals surface area contributed by atoms with Crippen LogP contribution in [0.25, 0.3) is 0 Å². The van der Waals surface area contributed by atoms with Crippen LogP contribution < -0.4 is 9.62 Å². The van der Waals surface area contributed by atoms with E-state index in [1.54, 1.807) is 17.9 Å². The topological polar surface area (TPSA) is 73.2 Å². The Morgan fingerprint density at radius 2 is 2.13 bits per heavy atom. The van der Waals surface area contributed by atoms with Gasteiger partial charge in [0.1, 0.15) is 0 Å². The molecule has 2 rings (SSSR count). The molecule has 0 amide bonds. The first-order chi connectivity index (χ1) is 10.7. The second kappa shape index (κ2) is 6.37. The average molecular weight is 347 g/mol. The number of nitrogens with zero attached hydrogens (tertiary/aromatic N) is 2. The van der Waals surface area contributed by atoms with Gasteiger partial charge in [-0.2, -0.15) is 18.4 Å². The van der Waals surface area contributed by atoms with Gasteiger partial charge in [0, 0.05) is 25.3 Å². The first-order valence-corrected chi connectivity index (χ1v) is 8.58. The van der Waals surface area contributed by atoms with Crippen molar-refractivity contribution in [1.29, 1.82) is 5.26 Å². The Balaban J connectivity index is 2.23. The molecule has 1 N–H and O–H groups in total. The van der Waals surface area contributed by atoms with Gasteiger partial charge in [0.05, 0.1) is 22.4 Å². The van der Waals surface area contributed by atoms with Crippen LogP contribution in [0.1, 0.15) is 24.5 Å². The monoisotopic (exact) mass is 347 g/mol. The van der Waals surface area contributed by atoms with E-state index in [2.05, 4.69) is 4.72 Å². The highest BCUT2D eigenvalue weighted by Gasteiger charge is 2.35. The lowest BCUT2D eigenvalue weighted by atomic mass is 10.1. The minimum Gasteiger partial charge on any atom is -0.370 e. The molecule has 0 saturated carbocycles. The molecule has 5 nitrogen and oxygen atoms in total. The zero-order valence-corrected chi connectivity index (χ0v) is 13.2. The summed E-state index contributed by atoms with van der Waals surface area (Å²) in [5.41, 5.74) is -1.03. The lowest BCUT2D eigenvalue weighted by molar-refractivity contribution is -0.137. The molecule has 0 radical (unpaired) electrons. The van der Waals surface area contributed by atoms with Gasteiger partial charge in [-0.15, -0.1) is 0 Å². The molecule has 0 aliphatic carbocycles. The van der Waals surface area contributed by atoms with Gasteiger partial charge in [-0.3, -0.25) is 0 Å². The summed E-state index contributed by atoms with van der Waals surface area (Å²) >= 11 is 0. The molecule has 0 spiro atoms. The van der Waals surface area contributed by atoms with Crippen LogP contribution in [0.3, 0.4) is 0 Å². The number of hydrogen-bond donors (Lipinski definition) is 1. The lowest BCUT2D eigenvalue weighted by Gasteiger charge is -2.20. The fourth-order valence-electron chi connectivity index (χ4n) is 2.60. The fourth-order valence-corrected chi connectivity index (χ4v) is 4.03. The molecular formula is C14H16F3N3O2S. The summed E-state index contributed by atoms with van der Waals surface area (Å²) in [7, 11) is -3.43. The SMILES string of the molecule is CCNS(=O)(=O)[C@@H]1CCN(c2ccc(C(F)(F)F)c(C#N)c2)C1. The van der Waals surface area contributed by atoms with Crippen LogP contribution in [0, 0.1) is 11.3 Å². The first-order valence-electron chi connectivity index (χ1n) is 7.03. The van der Waals surface area contributed by atoms with Crippen LogP contribution in [-0.2, 0) is 16.2 Å². The lowest BCUT2D eigenvalue weighted by Crippen LogP contribution is -2.36. The van der Waals surface area contributed by atoms with Crippen LogP contribution in [-0.4, -0.2) is 33.3 Å². The van der Waals surface area contributed by atoms with Gasteiger partial charge in [-0.1, -0.05) is 6.92 Å². The molecule has 0 bridgehead atoms. The highest BCUT2D eigenvalue weighted by Crippen LogP contribution is 2.34. The molecule has 126 valence electrons. The van der Waals surface area contributed by atoms with Gasteiger partial charge >= 0.3 is 6.18 Å². The third kappa shape index (κ3) is 3.76. The van der Waals surface area contributed by atoms with Crippen LogP contribution >= 0.6 is 0 Å². The second-order valence-corrected chi connectivity index (χ2v) is 7.28. The molecule has 1 saturated heterocycles. The van der Waals surface area contributed by atoms with Crippen LogP contribution in [0.4, 0.5) is 18.9 Å². The molecule has 1 aromatic rings. The van der Waals surface area contributed by atoms with Gasteiger partial charge in [0.25, 0.3) is 0 Å². The minimum atomic E-state index is -4.59.